The van der Waals surface area contributed by atoms with E-state index < -0.39 is 21.8 Å². The van der Waals surface area contributed by atoms with Crippen LogP contribution in [0.15, 0.2) is 52.5 Å². The number of ether oxygens (including phenoxy) is 1. The molecule has 0 bridgehead atoms. The molecule has 1 heterocycles. The molecule has 32 heavy (non-hydrogen) atoms. The Labute approximate surface area is 189 Å². The predicted octanol–water partition coefficient (Wildman–Crippen LogP) is 4.15. The number of nitrogens with two attached hydrogens (primary N) is 1. The number of hydrogen-bond donors (Lipinski definition) is 2. The molecule has 0 aromatic heterocycles. The minimum absolute atomic E-state index is 0.0468. The number of nitrogens with one attached hydrogen (secondary N) is 1. The zero-order valence-electron chi connectivity index (χ0n) is 16.8. The maximum atomic E-state index is 13.4. The van der Waals surface area contributed by atoms with Crippen LogP contribution in [-0.4, -0.2) is 39.4 Å². The van der Waals surface area contributed by atoms with Crippen molar-refractivity contribution >= 4 is 33.7 Å². The first-order chi connectivity index (χ1) is 15.1. The van der Waals surface area contributed by atoms with Gasteiger partial charge in [0.15, 0.2) is 0 Å². The molecule has 0 amide bonds. The van der Waals surface area contributed by atoms with Gasteiger partial charge in [0.25, 0.3) is 10.0 Å². The molecule has 0 saturated carbocycles. The van der Waals surface area contributed by atoms with E-state index in [2.05, 4.69) is 9.82 Å². The van der Waals surface area contributed by atoms with Gasteiger partial charge in [-0.3, -0.25) is 4.72 Å². The number of piperidine rings is 1. The number of benzene rings is 2. The average molecular weight is 491 g/mol. The lowest BCUT2D eigenvalue weighted by Crippen LogP contribution is -2.34. The topological polar surface area (TPSA) is 97.0 Å². The Bertz CT molecular complexity index is 1070. The van der Waals surface area contributed by atoms with Gasteiger partial charge in [-0.25, -0.2) is 8.42 Å². The van der Waals surface area contributed by atoms with Crippen molar-refractivity contribution in [3.8, 4) is 5.75 Å². The summed E-state index contributed by atoms with van der Waals surface area (Å²) in [5.74, 6) is 5.19. The van der Waals surface area contributed by atoms with Crippen molar-refractivity contribution in [1.29, 1.82) is 0 Å². The highest BCUT2D eigenvalue weighted by Crippen LogP contribution is 2.35. The maximum Gasteiger partial charge on any atom is 0.416 e. The van der Waals surface area contributed by atoms with Crippen molar-refractivity contribution in [2.75, 3.05) is 24.4 Å². The number of likely N-dealkylation sites (tertiary alicyclic amines) is 1. The molecule has 0 unspecified atom stereocenters. The van der Waals surface area contributed by atoms with Crippen molar-refractivity contribution in [3.05, 3.63) is 53.1 Å². The van der Waals surface area contributed by atoms with Crippen LogP contribution in [0, 0.1) is 5.92 Å². The number of hydrazone groups is 1. The van der Waals surface area contributed by atoms with Crippen LogP contribution in [0.1, 0.15) is 18.4 Å². The maximum absolute atomic E-state index is 13.4. The summed E-state index contributed by atoms with van der Waals surface area (Å²) in [4.78, 5) is 1.71. The van der Waals surface area contributed by atoms with E-state index in [1.807, 2.05) is 4.90 Å². The van der Waals surface area contributed by atoms with Crippen LogP contribution in [0.4, 0.5) is 18.9 Å². The number of nitrogens with zero attached hydrogens (tertiary/aromatic N) is 2. The molecular weight excluding hydrogens is 469 g/mol. The van der Waals surface area contributed by atoms with Crippen LogP contribution in [0.25, 0.3) is 0 Å². The molecule has 0 atom stereocenters. The summed E-state index contributed by atoms with van der Waals surface area (Å²) in [6.45, 7) is 1.62. The van der Waals surface area contributed by atoms with Gasteiger partial charge in [-0.05, 0) is 43.0 Å². The van der Waals surface area contributed by atoms with Crippen molar-refractivity contribution in [2.45, 2.75) is 23.9 Å². The molecule has 1 aliphatic rings. The number of alkyl halides is 3. The summed E-state index contributed by atoms with van der Waals surface area (Å²) in [6.07, 6.45) is -1.62. The van der Waals surface area contributed by atoms with Gasteiger partial charge in [-0.1, -0.05) is 23.7 Å². The first kappa shape index (κ1) is 24.0. The molecule has 3 rings (SSSR count). The minimum Gasteiger partial charge on any atom is -0.493 e. The van der Waals surface area contributed by atoms with Gasteiger partial charge in [-0.15, -0.1) is 0 Å². The normalized spacial score (nSPS) is 15.8. The molecule has 3 N–H and O–H groups in total. The van der Waals surface area contributed by atoms with E-state index in [4.69, 9.17) is 22.2 Å². The molecule has 7 nitrogen and oxygen atoms in total. The Kier molecular flexibility index (Phi) is 7.40. The average Bonchev–Trinajstić information content (AvgIpc) is 2.72. The molecule has 1 saturated heterocycles. The highest BCUT2D eigenvalue weighted by molar-refractivity contribution is 7.92. The minimum atomic E-state index is -4.68. The first-order valence-corrected chi connectivity index (χ1v) is 11.5. The van der Waals surface area contributed by atoms with Gasteiger partial charge in [0.2, 0.25) is 0 Å². The number of rotatable bonds is 7. The van der Waals surface area contributed by atoms with E-state index in [1.54, 1.807) is 12.4 Å². The lowest BCUT2D eigenvalue weighted by molar-refractivity contribution is -0.137. The zero-order chi connectivity index (χ0) is 23.4. The third kappa shape index (κ3) is 6.19. The fourth-order valence-electron chi connectivity index (χ4n) is 3.32. The van der Waals surface area contributed by atoms with E-state index in [9.17, 15) is 21.6 Å². The highest BCUT2D eigenvalue weighted by Gasteiger charge is 2.32. The largest absolute Gasteiger partial charge is 0.493 e. The third-order valence-electron chi connectivity index (χ3n) is 4.98. The number of anilines is 1. The lowest BCUT2D eigenvalue weighted by Gasteiger charge is -2.30. The molecular formula is C20H22ClF3N4O3S. The van der Waals surface area contributed by atoms with Crippen LogP contribution < -0.4 is 15.3 Å². The van der Waals surface area contributed by atoms with Gasteiger partial charge in [0.05, 0.1) is 22.9 Å². The molecule has 0 spiro atoms. The lowest BCUT2D eigenvalue weighted by atomic mass is 9.98. The van der Waals surface area contributed by atoms with Crippen molar-refractivity contribution in [1.82, 2.24) is 4.90 Å². The fourth-order valence-corrected chi connectivity index (χ4v) is 4.88. The smallest absolute Gasteiger partial charge is 0.416 e. The van der Waals surface area contributed by atoms with E-state index in [-0.39, 0.29) is 33.9 Å². The summed E-state index contributed by atoms with van der Waals surface area (Å²) >= 11 is 5.93. The van der Waals surface area contributed by atoms with Crippen molar-refractivity contribution < 1.29 is 26.3 Å². The van der Waals surface area contributed by atoms with E-state index in [0.717, 1.165) is 18.9 Å². The molecule has 2 aromatic rings. The second-order valence-electron chi connectivity index (χ2n) is 7.33. The van der Waals surface area contributed by atoms with E-state index in [0.29, 0.717) is 19.2 Å². The second-order valence-corrected chi connectivity index (χ2v) is 9.39. The Balaban J connectivity index is 1.78. The summed E-state index contributed by atoms with van der Waals surface area (Å²) in [6, 6.07) is 8.44. The number of hydrogen-bond acceptors (Lipinski definition) is 5. The van der Waals surface area contributed by atoms with E-state index in [1.165, 1.54) is 24.3 Å². The van der Waals surface area contributed by atoms with Crippen molar-refractivity contribution in [3.63, 3.8) is 0 Å². The van der Waals surface area contributed by atoms with Gasteiger partial charge >= 0.3 is 6.18 Å². The first-order valence-electron chi connectivity index (χ1n) is 9.68. The summed E-state index contributed by atoms with van der Waals surface area (Å²) < 4.78 is 73.3. The van der Waals surface area contributed by atoms with Gasteiger partial charge in [0, 0.05) is 19.2 Å². The molecule has 1 fully saturated rings. The zero-order valence-corrected chi connectivity index (χ0v) is 18.4. The van der Waals surface area contributed by atoms with Gasteiger partial charge < -0.3 is 15.5 Å². The molecule has 174 valence electrons. The molecule has 0 aliphatic carbocycles. The van der Waals surface area contributed by atoms with E-state index >= 15 is 0 Å². The second kappa shape index (κ2) is 9.86. The van der Waals surface area contributed by atoms with Crippen LogP contribution in [-0.2, 0) is 16.2 Å². The van der Waals surface area contributed by atoms with Gasteiger partial charge in [0.1, 0.15) is 17.0 Å². The highest BCUT2D eigenvalue weighted by atomic mass is 35.5. The number of sulfonamides is 1. The predicted molar refractivity (Wildman–Crippen MR) is 116 cm³/mol. The van der Waals surface area contributed by atoms with Crippen molar-refractivity contribution in [2.24, 2.45) is 16.9 Å². The summed E-state index contributed by atoms with van der Waals surface area (Å²) in [5.41, 5.74) is -1.30. The standard InChI is InChI=1S/C20H22ClF3N4O3S/c21-18-3-1-2-4-19(18)32(29,30)27-16-9-15(20(22,23)24)10-17(11-16)31-12-14-5-7-28(8-6-14)13-26-25/h1-4,9-11,13-14,27H,5-8,12,25H2. The SMILES string of the molecule is NN=CN1CCC(COc2cc(NS(=O)(=O)c3ccccc3Cl)cc(C(F)(F)F)c2)CC1. The molecule has 2 aromatic carbocycles. The Morgan fingerprint density at radius 3 is 2.53 bits per heavy atom. The molecule has 12 heteroatoms. The Morgan fingerprint density at radius 1 is 1.22 bits per heavy atom. The molecule has 0 radical (unpaired) electrons. The van der Waals surface area contributed by atoms with Crippen LogP contribution in [0.3, 0.4) is 0 Å². The quantitative estimate of drug-likeness (QED) is 0.263. The van der Waals surface area contributed by atoms with Crippen LogP contribution in [0.5, 0.6) is 5.75 Å². The number of halogens is 4. The van der Waals surface area contributed by atoms with Crippen LogP contribution in [0.2, 0.25) is 5.02 Å². The monoisotopic (exact) mass is 490 g/mol. The van der Waals surface area contributed by atoms with Gasteiger partial charge in [-0.2, -0.15) is 18.3 Å². The third-order valence-corrected chi connectivity index (χ3v) is 6.86. The Hall–Kier alpha value is -2.66. The molecule has 1 aliphatic heterocycles. The van der Waals surface area contributed by atoms with Crippen LogP contribution >= 0.6 is 11.6 Å². The fraction of sp³-hybridized carbons (Fsp3) is 0.350. The Morgan fingerprint density at radius 2 is 1.91 bits per heavy atom. The summed E-state index contributed by atoms with van der Waals surface area (Å²) in [7, 11) is -4.20. The summed E-state index contributed by atoms with van der Waals surface area (Å²) in [5, 5.41) is 3.43.